The number of carbonyl (C=O) groups is 1. The van der Waals surface area contributed by atoms with Gasteiger partial charge in [-0.05, 0) is 36.6 Å². The van der Waals surface area contributed by atoms with Gasteiger partial charge >= 0.3 is 0 Å². The molecule has 1 heterocycles. The number of para-hydroxylation sites is 1. The SMILES string of the molecule is O=C(CCCc1ccccc1)c1ccccc1/N=C/c1ccoc1. The van der Waals surface area contributed by atoms with Gasteiger partial charge in [-0.3, -0.25) is 9.79 Å². The third-order valence-electron chi connectivity index (χ3n) is 3.81. The van der Waals surface area contributed by atoms with Crippen LogP contribution < -0.4 is 0 Å². The van der Waals surface area contributed by atoms with Crippen LogP contribution in [-0.4, -0.2) is 12.0 Å². The summed E-state index contributed by atoms with van der Waals surface area (Å²) in [6.07, 6.45) is 7.19. The van der Waals surface area contributed by atoms with Gasteiger partial charge < -0.3 is 4.42 Å². The van der Waals surface area contributed by atoms with E-state index in [1.54, 1.807) is 18.7 Å². The first kappa shape index (κ1) is 15.9. The molecule has 0 spiro atoms. The minimum absolute atomic E-state index is 0.130. The van der Waals surface area contributed by atoms with Crippen molar-refractivity contribution in [3.05, 3.63) is 89.9 Å². The maximum Gasteiger partial charge on any atom is 0.165 e. The molecule has 0 bridgehead atoms. The molecular weight excluding hydrogens is 298 g/mol. The Morgan fingerprint density at radius 2 is 1.79 bits per heavy atom. The molecule has 0 radical (unpaired) electrons. The van der Waals surface area contributed by atoms with Crippen LogP contribution in [-0.2, 0) is 6.42 Å². The first-order chi connectivity index (χ1) is 11.8. The highest BCUT2D eigenvalue weighted by Gasteiger charge is 2.10. The van der Waals surface area contributed by atoms with E-state index >= 15 is 0 Å². The Bertz CT molecular complexity index is 805. The van der Waals surface area contributed by atoms with Gasteiger partial charge in [0.05, 0.1) is 18.2 Å². The summed E-state index contributed by atoms with van der Waals surface area (Å²) in [5.41, 5.74) is 3.51. The van der Waals surface area contributed by atoms with Gasteiger partial charge in [0.1, 0.15) is 0 Å². The second-order valence-corrected chi connectivity index (χ2v) is 5.59. The molecule has 0 aliphatic rings. The summed E-state index contributed by atoms with van der Waals surface area (Å²) in [5.74, 6) is 0.130. The molecule has 0 saturated carbocycles. The van der Waals surface area contributed by atoms with Crippen molar-refractivity contribution in [2.45, 2.75) is 19.3 Å². The summed E-state index contributed by atoms with van der Waals surface area (Å²) in [6.45, 7) is 0. The molecule has 3 aromatic rings. The summed E-state index contributed by atoms with van der Waals surface area (Å²) >= 11 is 0. The molecule has 0 fully saturated rings. The maximum atomic E-state index is 12.5. The van der Waals surface area contributed by atoms with Gasteiger partial charge in [0.15, 0.2) is 5.78 Å². The van der Waals surface area contributed by atoms with Gasteiger partial charge in [-0.2, -0.15) is 0 Å². The van der Waals surface area contributed by atoms with Crippen molar-refractivity contribution in [3.8, 4) is 0 Å². The minimum Gasteiger partial charge on any atom is -0.472 e. The fourth-order valence-corrected chi connectivity index (χ4v) is 2.55. The smallest absolute Gasteiger partial charge is 0.165 e. The van der Waals surface area contributed by atoms with Crippen molar-refractivity contribution in [1.29, 1.82) is 0 Å². The molecule has 0 amide bonds. The number of carbonyl (C=O) groups excluding carboxylic acids is 1. The van der Waals surface area contributed by atoms with Crippen molar-refractivity contribution >= 4 is 17.7 Å². The van der Waals surface area contributed by atoms with Crippen LogP contribution in [0.5, 0.6) is 0 Å². The molecule has 120 valence electrons. The number of benzene rings is 2. The van der Waals surface area contributed by atoms with Crippen molar-refractivity contribution < 1.29 is 9.21 Å². The Hall–Kier alpha value is -2.94. The molecule has 0 saturated heterocycles. The zero-order valence-corrected chi connectivity index (χ0v) is 13.4. The highest BCUT2D eigenvalue weighted by molar-refractivity contribution is 6.01. The fraction of sp³-hybridized carbons (Fsp3) is 0.143. The molecule has 2 aromatic carbocycles. The quantitative estimate of drug-likeness (QED) is 0.442. The predicted molar refractivity (Wildman–Crippen MR) is 96.1 cm³/mol. The monoisotopic (exact) mass is 317 g/mol. The first-order valence-electron chi connectivity index (χ1n) is 8.05. The van der Waals surface area contributed by atoms with Gasteiger partial charge in [0, 0.05) is 23.8 Å². The van der Waals surface area contributed by atoms with Crippen LogP contribution in [0.15, 0.2) is 82.6 Å². The van der Waals surface area contributed by atoms with Crippen LogP contribution in [0.2, 0.25) is 0 Å². The summed E-state index contributed by atoms with van der Waals surface area (Å²) in [4.78, 5) is 17.0. The molecular formula is C21H19NO2. The second kappa shape index (κ2) is 8.06. The molecule has 0 atom stereocenters. The average Bonchev–Trinajstić information content (AvgIpc) is 3.14. The van der Waals surface area contributed by atoms with E-state index in [2.05, 4.69) is 17.1 Å². The summed E-state index contributed by atoms with van der Waals surface area (Å²) in [6, 6.07) is 19.5. The largest absolute Gasteiger partial charge is 0.472 e. The van der Waals surface area contributed by atoms with Crippen LogP contribution in [0.1, 0.15) is 34.3 Å². The highest BCUT2D eigenvalue weighted by Crippen LogP contribution is 2.21. The Labute approximate surface area is 141 Å². The van der Waals surface area contributed by atoms with E-state index in [0.717, 1.165) is 18.4 Å². The Morgan fingerprint density at radius 3 is 2.58 bits per heavy atom. The zero-order valence-electron chi connectivity index (χ0n) is 13.4. The van der Waals surface area contributed by atoms with E-state index in [4.69, 9.17) is 4.42 Å². The topological polar surface area (TPSA) is 42.6 Å². The highest BCUT2D eigenvalue weighted by atomic mass is 16.3. The van der Waals surface area contributed by atoms with Crippen molar-refractivity contribution in [2.24, 2.45) is 4.99 Å². The minimum atomic E-state index is 0.130. The number of hydrogen-bond acceptors (Lipinski definition) is 3. The van der Waals surface area contributed by atoms with E-state index in [0.29, 0.717) is 17.7 Å². The third-order valence-corrected chi connectivity index (χ3v) is 3.81. The number of Topliss-reactive ketones (excluding diaryl/α,β-unsaturated/α-hetero) is 1. The standard InChI is InChI=1S/C21H19NO2/c23-21(12-6-9-17-7-2-1-3-8-17)19-10-4-5-11-20(19)22-15-18-13-14-24-16-18/h1-5,7-8,10-11,13-16H,6,9,12H2/b22-15+. The maximum absolute atomic E-state index is 12.5. The van der Waals surface area contributed by atoms with Gasteiger partial charge in [0.2, 0.25) is 0 Å². The molecule has 0 N–H and O–H groups in total. The number of rotatable bonds is 7. The van der Waals surface area contributed by atoms with Crippen molar-refractivity contribution in [3.63, 3.8) is 0 Å². The van der Waals surface area contributed by atoms with E-state index in [-0.39, 0.29) is 5.78 Å². The lowest BCUT2D eigenvalue weighted by Gasteiger charge is -2.05. The van der Waals surface area contributed by atoms with E-state index in [1.807, 2.05) is 48.5 Å². The molecule has 24 heavy (non-hydrogen) atoms. The van der Waals surface area contributed by atoms with Crippen LogP contribution in [0, 0.1) is 0 Å². The van der Waals surface area contributed by atoms with E-state index in [9.17, 15) is 4.79 Å². The molecule has 0 aliphatic carbocycles. The lowest BCUT2D eigenvalue weighted by Crippen LogP contribution is -2.00. The van der Waals surface area contributed by atoms with Gasteiger partial charge in [-0.15, -0.1) is 0 Å². The van der Waals surface area contributed by atoms with Crippen LogP contribution >= 0.6 is 0 Å². The first-order valence-corrected chi connectivity index (χ1v) is 8.05. The van der Waals surface area contributed by atoms with Crippen LogP contribution in [0.25, 0.3) is 0 Å². The molecule has 0 aliphatic heterocycles. The average molecular weight is 317 g/mol. The van der Waals surface area contributed by atoms with E-state index in [1.165, 1.54) is 5.56 Å². The molecule has 3 heteroatoms. The van der Waals surface area contributed by atoms with Gasteiger partial charge in [-0.1, -0.05) is 42.5 Å². The molecule has 3 nitrogen and oxygen atoms in total. The number of ketones is 1. The van der Waals surface area contributed by atoms with E-state index < -0.39 is 0 Å². The molecule has 0 unspecified atom stereocenters. The Morgan fingerprint density at radius 1 is 1.00 bits per heavy atom. The zero-order chi connectivity index (χ0) is 16.6. The van der Waals surface area contributed by atoms with Crippen molar-refractivity contribution in [2.75, 3.05) is 0 Å². The summed E-state index contributed by atoms with van der Waals surface area (Å²) in [5, 5.41) is 0. The number of furan rings is 1. The fourth-order valence-electron chi connectivity index (χ4n) is 2.55. The number of aliphatic imine (C=N–C) groups is 1. The van der Waals surface area contributed by atoms with Crippen LogP contribution in [0.3, 0.4) is 0 Å². The Balaban J connectivity index is 1.64. The molecule has 3 rings (SSSR count). The Kier molecular flexibility index (Phi) is 5.36. The predicted octanol–water partition coefficient (Wildman–Crippen LogP) is 5.24. The second-order valence-electron chi connectivity index (χ2n) is 5.59. The van der Waals surface area contributed by atoms with Crippen LogP contribution in [0.4, 0.5) is 5.69 Å². The van der Waals surface area contributed by atoms with Gasteiger partial charge in [0.25, 0.3) is 0 Å². The van der Waals surface area contributed by atoms with Gasteiger partial charge in [-0.25, -0.2) is 0 Å². The number of hydrogen-bond donors (Lipinski definition) is 0. The molecule has 1 aromatic heterocycles. The summed E-state index contributed by atoms with van der Waals surface area (Å²) in [7, 11) is 0. The lowest BCUT2D eigenvalue weighted by molar-refractivity contribution is 0.0981. The normalized spacial score (nSPS) is 11.0. The number of nitrogens with zero attached hydrogens (tertiary/aromatic N) is 1. The third kappa shape index (κ3) is 4.29. The summed E-state index contributed by atoms with van der Waals surface area (Å²) < 4.78 is 5.02. The lowest BCUT2D eigenvalue weighted by atomic mass is 10.0. The van der Waals surface area contributed by atoms with Crippen molar-refractivity contribution in [1.82, 2.24) is 0 Å². The number of aryl methyl sites for hydroxylation is 1.